The van der Waals surface area contributed by atoms with Crippen molar-refractivity contribution >= 4 is 3.21 Å². The second-order valence-electron chi connectivity index (χ2n) is 16.8. The van der Waals surface area contributed by atoms with Crippen molar-refractivity contribution in [3.8, 4) is 11.1 Å². The smallest absolute Gasteiger partial charge is 1.00 e. The van der Waals surface area contributed by atoms with Crippen LogP contribution >= 0.6 is 0 Å². The van der Waals surface area contributed by atoms with Gasteiger partial charge < -0.3 is 24.8 Å². The molecule has 5 aromatic carbocycles. The molecule has 50 heavy (non-hydrogen) atoms. The number of halogens is 2. The van der Waals surface area contributed by atoms with Crippen LogP contribution in [0.3, 0.4) is 0 Å². The predicted molar refractivity (Wildman–Crippen MR) is 207 cm³/mol. The molecule has 1 aliphatic carbocycles. The van der Waals surface area contributed by atoms with Gasteiger partial charge in [0.2, 0.25) is 0 Å². The molecule has 264 valence electrons. The normalized spacial score (nSPS) is 11.8. The van der Waals surface area contributed by atoms with Crippen LogP contribution in [0, 0.1) is 33.8 Å². The quantitative estimate of drug-likeness (QED) is 0.179. The Labute approximate surface area is 332 Å². The Hall–Kier alpha value is -2.44. The molecule has 0 heterocycles. The molecule has 3 heteroatoms. The molecule has 0 aromatic heterocycles. The molecule has 0 amide bonds. The van der Waals surface area contributed by atoms with Gasteiger partial charge in [0, 0.05) is 0 Å². The van der Waals surface area contributed by atoms with Crippen LogP contribution in [0.2, 0.25) is 0 Å². The van der Waals surface area contributed by atoms with Crippen LogP contribution < -0.4 is 24.8 Å². The summed E-state index contributed by atoms with van der Waals surface area (Å²) in [7, 11) is 0. The molecule has 0 N–H and O–H groups in total. The summed E-state index contributed by atoms with van der Waals surface area (Å²) < 4.78 is 1.42. The van der Waals surface area contributed by atoms with Gasteiger partial charge in [-0.05, 0) is 17.4 Å². The summed E-state index contributed by atoms with van der Waals surface area (Å²) in [5.74, 6) is 0. The maximum absolute atomic E-state index is 3.53. The molecule has 0 radical (unpaired) electrons. The zero-order valence-electron chi connectivity index (χ0n) is 32.6. The van der Waals surface area contributed by atoms with E-state index >= 15 is 0 Å². The minimum Gasteiger partial charge on any atom is -1.00 e. The third kappa shape index (κ3) is 11.3. The molecule has 0 fully saturated rings. The Morgan fingerprint density at radius 2 is 1.08 bits per heavy atom. The maximum Gasteiger partial charge on any atom is -1.00 e. The number of rotatable bonds is 2. The number of hydrogen-bond donors (Lipinski definition) is 0. The molecule has 0 spiro atoms. The van der Waals surface area contributed by atoms with E-state index in [1.54, 1.807) is 0 Å². The fraction of sp³-hybridized carbons (Fsp3) is 0.362. The number of aryl methyl sites for hydroxylation is 4. The first-order valence-electron chi connectivity index (χ1n) is 17.4. The molecule has 0 atom stereocenters. The summed E-state index contributed by atoms with van der Waals surface area (Å²) in [4.78, 5) is 0. The van der Waals surface area contributed by atoms with E-state index in [0.717, 1.165) is 6.42 Å². The van der Waals surface area contributed by atoms with Crippen LogP contribution in [0.1, 0.15) is 124 Å². The van der Waals surface area contributed by atoms with E-state index in [1.165, 1.54) is 99.8 Å². The van der Waals surface area contributed by atoms with Gasteiger partial charge in [0.25, 0.3) is 0 Å². The first kappa shape index (κ1) is 43.7. The molecular weight excluding hydrogens is 727 g/mol. The monoisotopic (exact) mass is 780 g/mol. The average Bonchev–Trinajstić information content (AvgIpc) is 3.55. The van der Waals surface area contributed by atoms with Gasteiger partial charge in [0.1, 0.15) is 0 Å². The van der Waals surface area contributed by atoms with Crippen LogP contribution in [0.4, 0.5) is 0 Å². The summed E-state index contributed by atoms with van der Waals surface area (Å²) in [6.45, 7) is 29.0. The third-order valence-electron chi connectivity index (χ3n) is 9.26. The standard InChI is InChI=1S/C21H25.C15H14.C11H17.2ClH.Zr/c1-20(2,3)16-9-7-14-11-15-8-10-17(21(4,5)6)13-19(15)18(14)12-16;1-12-3-7-14(8-4-12)11-15-9-5-13(2)6-10-15;1-8-6-9(2)10(7-8)11(3,4)5;;;/h7,9-10,12-13H,11H2,1-6H3;3-10H,1-2H3;6-7H,1-5H3;2*1H;/q-1;;-1;;;+2/p-2. The van der Waals surface area contributed by atoms with Crippen LogP contribution in [0.5, 0.6) is 0 Å². The molecule has 0 nitrogen and oxygen atoms in total. The van der Waals surface area contributed by atoms with E-state index in [2.05, 4.69) is 187 Å². The van der Waals surface area contributed by atoms with E-state index < -0.39 is 0 Å². The van der Waals surface area contributed by atoms with Crippen molar-refractivity contribution in [3.05, 3.63) is 158 Å². The van der Waals surface area contributed by atoms with E-state index in [-0.39, 0.29) is 35.6 Å². The largest absolute Gasteiger partial charge is 1.00 e. The van der Waals surface area contributed by atoms with Gasteiger partial charge in [-0.25, -0.2) is 6.07 Å². The molecule has 0 saturated heterocycles. The van der Waals surface area contributed by atoms with Crippen LogP contribution in [0.25, 0.3) is 11.1 Å². The zero-order chi connectivity index (χ0) is 35.6. The van der Waals surface area contributed by atoms with Crippen molar-refractivity contribution in [2.75, 3.05) is 0 Å². The minimum atomic E-state index is 0. The van der Waals surface area contributed by atoms with Crippen molar-refractivity contribution in [2.45, 2.75) is 113 Å². The van der Waals surface area contributed by atoms with Gasteiger partial charge in [-0.3, -0.25) is 0 Å². The Kier molecular flexibility index (Phi) is 15.2. The summed E-state index contributed by atoms with van der Waals surface area (Å²) in [5.41, 5.74) is 18.7. The molecule has 0 unspecified atom stereocenters. The summed E-state index contributed by atoms with van der Waals surface area (Å²) in [6.07, 6.45) is 1.03. The third-order valence-corrected chi connectivity index (χ3v) is 10.7. The molecular formula is C47H56Cl2Zr-2. The fourth-order valence-corrected chi connectivity index (χ4v) is 7.02. The maximum atomic E-state index is 3.53. The Bertz CT molecular complexity index is 1760. The topological polar surface area (TPSA) is 0 Å². The summed E-state index contributed by atoms with van der Waals surface area (Å²) >= 11 is 1.46. The molecule has 0 bridgehead atoms. The molecule has 6 rings (SSSR count). The number of hydrogen-bond acceptors (Lipinski definition) is 0. The number of benzene rings is 4. The summed E-state index contributed by atoms with van der Waals surface area (Å²) in [5, 5.41) is 0. The second kappa shape index (κ2) is 17.4. The Balaban J connectivity index is 0.000000268. The van der Waals surface area contributed by atoms with Crippen LogP contribution in [-0.4, -0.2) is 3.21 Å². The van der Waals surface area contributed by atoms with Gasteiger partial charge in [-0.1, -0.05) is 116 Å². The van der Waals surface area contributed by atoms with Gasteiger partial charge in [0.05, 0.1) is 0 Å². The zero-order valence-corrected chi connectivity index (χ0v) is 36.6. The van der Waals surface area contributed by atoms with Gasteiger partial charge in [-0.2, -0.15) is 52.1 Å². The van der Waals surface area contributed by atoms with E-state index in [1.807, 2.05) is 0 Å². The first-order chi connectivity index (χ1) is 22.2. The van der Waals surface area contributed by atoms with Crippen molar-refractivity contribution in [1.29, 1.82) is 0 Å². The van der Waals surface area contributed by atoms with E-state index in [9.17, 15) is 0 Å². The van der Waals surface area contributed by atoms with Gasteiger partial charge in [0.15, 0.2) is 0 Å². The van der Waals surface area contributed by atoms with Gasteiger partial charge in [-0.15, -0.1) is 5.56 Å². The molecule has 0 aliphatic heterocycles. The SMILES string of the molecule is CC(C)(C)c1c[c-]c2c(c1)-c1cc(C(C)(C)C)ccc1C2.Cc1cc(C(C)(C)C)c(C)[cH-]1.Cc1ccc([C](=[Zr+2])c2ccc(C)cc2)cc1.[Cl-].[Cl-]. The van der Waals surface area contributed by atoms with Crippen molar-refractivity contribution < 1.29 is 49.0 Å². The van der Waals surface area contributed by atoms with Crippen LogP contribution in [-0.2, 0) is 46.9 Å². The fourth-order valence-electron chi connectivity index (χ4n) is 6.20. The second-order valence-corrected chi connectivity index (χ2v) is 18.0. The first-order valence-corrected chi connectivity index (χ1v) is 18.6. The summed E-state index contributed by atoms with van der Waals surface area (Å²) in [6, 6.07) is 37.1. The number of fused-ring (bicyclic) bond motifs is 3. The van der Waals surface area contributed by atoms with Gasteiger partial charge >= 0.3 is 112 Å². The Morgan fingerprint density at radius 3 is 1.48 bits per heavy atom. The van der Waals surface area contributed by atoms with Crippen molar-refractivity contribution in [2.24, 2.45) is 0 Å². The van der Waals surface area contributed by atoms with E-state index in [0.29, 0.717) is 5.41 Å². The molecule has 1 aliphatic rings. The van der Waals surface area contributed by atoms with Crippen molar-refractivity contribution in [1.82, 2.24) is 0 Å². The van der Waals surface area contributed by atoms with Crippen molar-refractivity contribution in [3.63, 3.8) is 0 Å². The Morgan fingerprint density at radius 1 is 0.600 bits per heavy atom. The molecule has 5 aromatic rings. The minimum absolute atomic E-state index is 0. The van der Waals surface area contributed by atoms with E-state index in [4.69, 9.17) is 0 Å². The molecule has 0 saturated carbocycles. The predicted octanol–water partition coefficient (Wildman–Crippen LogP) is 6.40. The average molecular weight is 783 g/mol. The van der Waals surface area contributed by atoms with Crippen LogP contribution in [0.15, 0.2) is 91.0 Å².